The van der Waals surface area contributed by atoms with Crippen LogP contribution >= 0.6 is 0 Å². The Morgan fingerprint density at radius 3 is 2.56 bits per heavy atom. The average molecular weight is 444 g/mol. The summed E-state index contributed by atoms with van der Waals surface area (Å²) in [5.74, 6) is 2.80. The molecule has 6 N–H and O–H groups in total. The maximum absolute atomic E-state index is 14.6. The maximum atomic E-state index is 14.6. The van der Waals surface area contributed by atoms with Gasteiger partial charge in [-0.15, -0.1) is 0 Å². The van der Waals surface area contributed by atoms with Crippen molar-refractivity contribution in [1.29, 1.82) is 0 Å². The van der Waals surface area contributed by atoms with Gasteiger partial charge in [0.1, 0.15) is 11.5 Å². The molecule has 1 aliphatic carbocycles. The molecule has 1 aliphatic rings. The number of aromatic nitrogens is 2. The van der Waals surface area contributed by atoms with E-state index in [1.54, 1.807) is 0 Å². The van der Waals surface area contributed by atoms with Crippen LogP contribution < -0.4 is 21.9 Å². The Hall–Kier alpha value is -3.53. The zero-order chi connectivity index (χ0) is 22.8. The van der Waals surface area contributed by atoms with Gasteiger partial charge in [-0.25, -0.2) is 19.0 Å². The number of rotatable bonds is 5. The molecule has 0 spiro atoms. The summed E-state index contributed by atoms with van der Waals surface area (Å²) >= 11 is 0. The van der Waals surface area contributed by atoms with Crippen LogP contribution in [0.1, 0.15) is 43.7 Å². The molecule has 2 aromatic heterocycles. The molecule has 2 heterocycles. The second kappa shape index (κ2) is 8.91. The Kier molecular flexibility index (Phi) is 6.04. The van der Waals surface area contributed by atoms with E-state index < -0.39 is 23.4 Å². The van der Waals surface area contributed by atoms with Crippen molar-refractivity contribution in [2.45, 2.75) is 38.0 Å². The van der Waals surface area contributed by atoms with Gasteiger partial charge in [-0.2, -0.15) is 0 Å². The molecule has 0 saturated heterocycles. The number of fused-ring (bicyclic) bond motifs is 1. The highest BCUT2D eigenvalue weighted by Crippen LogP contribution is 2.33. The van der Waals surface area contributed by atoms with Crippen molar-refractivity contribution in [3.8, 4) is 0 Å². The monoisotopic (exact) mass is 444 g/mol. The van der Waals surface area contributed by atoms with Crippen molar-refractivity contribution in [3.05, 3.63) is 65.6 Å². The number of anilines is 2. The van der Waals surface area contributed by atoms with E-state index >= 15 is 0 Å². The van der Waals surface area contributed by atoms with Gasteiger partial charge in [-0.05, 0) is 18.9 Å². The van der Waals surface area contributed by atoms with Crippen LogP contribution in [0.4, 0.5) is 24.5 Å². The Morgan fingerprint density at radius 2 is 1.84 bits per heavy atom. The third-order valence-corrected chi connectivity index (χ3v) is 5.66. The minimum atomic E-state index is -1.05. The highest BCUT2D eigenvalue weighted by molar-refractivity contribution is 6.08. The first-order valence-electron chi connectivity index (χ1n) is 10.3. The summed E-state index contributed by atoms with van der Waals surface area (Å²) in [6.07, 6.45) is 9.04. The standard InChI is InChI=1S/C22H23F3N6O/c23-15-7-14-19(8-16(15)24)28-10-20(14)30-22(32)18(26)11-31(27)13-6-17(25)21(29-9-13)12-4-2-1-3-5-12/h6-12,28H,1-5,26-27H2,(H,30,32)/b18-11-. The molecular weight excluding hydrogens is 421 g/mol. The van der Waals surface area contributed by atoms with Gasteiger partial charge in [0, 0.05) is 29.6 Å². The van der Waals surface area contributed by atoms with Crippen LogP contribution in [0.15, 0.2) is 42.5 Å². The fourth-order valence-electron chi connectivity index (χ4n) is 3.95. The van der Waals surface area contributed by atoms with Gasteiger partial charge < -0.3 is 16.0 Å². The van der Waals surface area contributed by atoms with E-state index in [0.717, 1.165) is 55.4 Å². The minimum absolute atomic E-state index is 0.102. The summed E-state index contributed by atoms with van der Waals surface area (Å²) in [5, 5.41) is 3.78. The van der Waals surface area contributed by atoms with Gasteiger partial charge in [0.05, 0.1) is 35.0 Å². The van der Waals surface area contributed by atoms with Crippen molar-refractivity contribution >= 4 is 28.2 Å². The van der Waals surface area contributed by atoms with Crippen molar-refractivity contribution in [1.82, 2.24) is 9.97 Å². The number of H-pyrrole nitrogens is 1. The lowest BCUT2D eigenvalue weighted by Gasteiger charge is -2.22. The molecule has 0 radical (unpaired) electrons. The number of nitrogens with one attached hydrogen (secondary N) is 2. The van der Waals surface area contributed by atoms with Crippen LogP contribution in [0.25, 0.3) is 10.9 Å². The number of benzene rings is 1. The van der Waals surface area contributed by atoms with Gasteiger partial charge in [0.15, 0.2) is 11.6 Å². The number of aromatic amines is 1. The Bertz CT molecular complexity index is 1190. The number of hydrogen-bond acceptors (Lipinski definition) is 5. The van der Waals surface area contributed by atoms with Crippen LogP contribution in [0.2, 0.25) is 0 Å². The number of nitrogens with zero attached hydrogens (tertiary/aromatic N) is 2. The molecule has 1 amide bonds. The van der Waals surface area contributed by atoms with Crippen molar-refractivity contribution in [3.63, 3.8) is 0 Å². The zero-order valence-corrected chi connectivity index (χ0v) is 17.2. The zero-order valence-electron chi connectivity index (χ0n) is 17.2. The first kappa shape index (κ1) is 21.7. The Labute approximate surface area is 182 Å². The number of hydrazine groups is 1. The molecule has 0 bridgehead atoms. The highest BCUT2D eigenvalue weighted by atomic mass is 19.2. The molecule has 10 heteroatoms. The van der Waals surface area contributed by atoms with E-state index in [4.69, 9.17) is 11.6 Å². The smallest absolute Gasteiger partial charge is 0.273 e. The molecule has 0 unspecified atom stereocenters. The highest BCUT2D eigenvalue weighted by Gasteiger charge is 2.21. The van der Waals surface area contributed by atoms with Crippen LogP contribution in [0.5, 0.6) is 0 Å². The van der Waals surface area contributed by atoms with E-state index in [1.165, 1.54) is 18.5 Å². The largest absolute Gasteiger partial charge is 0.393 e. The summed E-state index contributed by atoms with van der Waals surface area (Å²) in [6.45, 7) is 0. The van der Waals surface area contributed by atoms with Gasteiger partial charge in [0.2, 0.25) is 0 Å². The third-order valence-electron chi connectivity index (χ3n) is 5.66. The Morgan fingerprint density at radius 1 is 1.12 bits per heavy atom. The second-order valence-electron chi connectivity index (χ2n) is 7.86. The number of pyridine rings is 1. The van der Waals surface area contributed by atoms with Crippen LogP contribution in [0.3, 0.4) is 0 Å². The Balaban J connectivity index is 1.48. The molecule has 0 aliphatic heterocycles. The van der Waals surface area contributed by atoms with Gasteiger partial charge in [-0.3, -0.25) is 14.8 Å². The van der Waals surface area contributed by atoms with E-state index in [0.29, 0.717) is 11.2 Å². The van der Waals surface area contributed by atoms with E-state index in [2.05, 4.69) is 15.3 Å². The van der Waals surface area contributed by atoms with Crippen molar-refractivity contribution in [2.75, 3.05) is 10.3 Å². The summed E-state index contributed by atoms with van der Waals surface area (Å²) in [5.41, 5.74) is 6.73. The van der Waals surface area contributed by atoms with Crippen LogP contribution in [0, 0.1) is 17.5 Å². The molecule has 32 heavy (non-hydrogen) atoms. The molecule has 1 aromatic carbocycles. The minimum Gasteiger partial charge on any atom is -0.393 e. The normalized spacial score (nSPS) is 15.2. The van der Waals surface area contributed by atoms with E-state index in [9.17, 15) is 18.0 Å². The number of halogens is 3. The van der Waals surface area contributed by atoms with Crippen molar-refractivity contribution in [2.24, 2.45) is 11.6 Å². The van der Waals surface area contributed by atoms with Crippen molar-refractivity contribution < 1.29 is 18.0 Å². The predicted octanol–water partition coefficient (Wildman–Crippen LogP) is 4.15. The topological polar surface area (TPSA) is 113 Å². The van der Waals surface area contributed by atoms with E-state index in [-0.39, 0.29) is 28.4 Å². The van der Waals surface area contributed by atoms with Gasteiger partial charge in [-0.1, -0.05) is 19.3 Å². The summed E-state index contributed by atoms with van der Waals surface area (Å²) in [6, 6.07) is 3.21. The quantitative estimate of drug-likeness (QED) is 0.268. The lowest BCUT2D eigenvalue weighted by molar-refractivity contribution is -0.112. The fourth-order valence-corrected chi connectivity index (χ4v) is 3.95. The summed E-state index contributed by atoms with van der Waals surface area (Å²) < 4.78 is 41.5. The first-order valence-corrected chi connectivity index (χ1v) is 10.3. The molecule has 0 atom stereocenters. The molecule has 168 valence electrons. The molecule has 3 aromatic rings. The third kappa shape index (κ3) is 4.40. The number of amides is 1. The number of nitrogens with two attached hydrogens (primary N) is 2. The van der Waals surface area contributed by atoms with E-state index in [1.807, 2.05) is 0 Å². The first-order chi connectivity index (χ1) is 15.3. The lowest BCUT2D eigenvalue weighted by atomic mass is 9.86. The number of carbonyl (C=O) groups is 1. The summed E-state index contributed by atoms with van der Waals surface area (Å²) in [4.78, 5) is 19.4. The van der Waals surface area contributed by atoms with Gasteiger partial charge >= 0.3 is 0 Å². The molecule has 1 saturated carbocycles. The molecule has 4 rings (SSSR count). The van der Waals surface area contributed by atoms with Crippen LogP contribution in [-0.4, -0.2) is 15.9 Å². The second-order valence-corrected chi connectivity index (χ2v) is 7.86. The lowest BCUT2D eigenvalue weighted by Crippen LogP contribution is -2.30. The number of carbonyl (C=O) groups excluding carboxylic acids is 1. The SMILES string of the molecule is N/C(=C\N(N)c1cnc(C2CCCCC2)c(F)c1)C(=O)Nc1c[nH]c2cc(F)c(F)cc12. The fraction of sp³-hybridized carbons (Fsp3) is 0.273. The summed E-state index contributed by atoms with van der Waals surface area (Å²) in [7, 11) is 0. The number of hydrogen-bond donors (Lipinski definition) is 4. The molecule has 7 nitrogen and oxygen atoms in total. The average Bonchev–Trinajstić information content (AvgIpc) is 3.15. The van der Waals surface area contributed by atoms with Gasteiger partial charge in [0.25, 0.3) is 5.91 Å². The molecular formula is C22H23F3N6O. The van der Waals surface area contributed by atoms with Crippen LogP contribution in [-0.2, 0) is 4.79 Å². The predicted molar refractivity (Wildman–Crippen MR) is 116 cm³/mol. The maximum Gasteiger partial charge on any atom is 0.273 e. The molecule has 1 fully saturated rings.